The number of rotatable bonds is 5. The highest BCUT2D eigenvalue weighted by Crippen LogP contribution is 2.40. The Kier molecular flexibility index (Phi) is 5.92. The first kappa shape index (κ1) is 22.6. The third kappa shape index (κ3) is 5.06. The maximum Gasteiger partial charge on any atom is 0.422 e. The van der Waals surface area contributed by atoms with Crippen LogP contribution in [0.3, 0.4) is 0 Å². The molecular weight excluding hydrogens is 460 g/mol. The number of ether oxygens (including phenoxy) is 2. The topological polar surface area (TPSA) is 109 Å². The largest absolute Gasteiger partial charge is 0.440 e. The number of hydrogen-bond acceptors (Lipinski definition) is 7. The Morgan fingerprint density at radius 3 is 2.78 bits per heavy atom. The summed E-state index contributed by atoms with van der Waals surface area (Å²) in [4.78, 5) is 12.9. The average Bonchev–Trinajstić information content (AvgIpc) is 3.55. The van der Waals surface area contributed by atoms with E-state index in [4.69, 9.17) is 4.74 Å². The van der Waals surface area contributed by atoms with Crippen molar-refractivity contribution in [2.24, 2.45) is 10.3 Å². The van der Waals surface area contributed by atoms with Gasteiger partial charge in [-0.15, -0.1) is 4.40 Å². The third-order valence-electron chi connectivity index (χ3n) is 5.13. The van der Waals surface area contributed by atoms with Crippen LogP contribution in [-0.4, -0.2) is 70.4 Å². The van der Waals surface area contributed by atoms with E-state index in [1.165, 1.54) is 0 Å². The van der Waals surface area contributed by atoms with Crippen molar-refractivity contribution in [1.82, 2.24) is 4.90 Å². The number of hydrogen-bond donors (Lipinski definition) is 2. The highest BCUT2D eigenvalue weighted by Gasteiger charge is 2.37. The van der Waals surface area contributed by atoms with Crippen LogP contribution in [0, 0.1) is 11.7 Å². The highest BCUT2D eigenvalue weighted by atomic mass is 32.2. The maximum atomic E-state index is 14.2. The van der Waals surface area contributed by atoms with Crippen molar-refractivity contribution >= 4 is 33.3 Å². The van der Waals surface area contributed by atoms with Crippen LogP contribution in [0.2, 0.25) is 0 Å². The molecule has 2 fully saturated rings. The van der Waals surface area contributed by atoms with Gasteiger partial charge in [0.2, 0.25) is 0 Å². The van der Waals surface area contributed by atoms with Crippen molar-refractivity contribution in [3.8, 4) is 0 Å². The molecule has 4 rings (SSSR count). The molecule has 3 aliphatic rings. The Morgan fingerprint density at radius 1 is 1.34 bits per heavy atom. The standard InChI is InChI=1S/C18H20F4N4O5S/c19-11-5-13(15-14(6-11)32(28,29)25-16(24-15)10-1-2-10)23-7-12-8-30-4-3-26(12)17(27)31-9-18(20,21)22/h5-6,10,12,23H,1-4,7-9H2,(H,24,25). The molecule has 1 aromatic rings. The van der Waals surface area contributed by atoms with Gasteiger partial charge in [0.25, 0.3) is 10.0 Å². The number of amides is 1. The second kappa shape index (κ2) is 8.39. The van der Waals surface area contributed by atoms with E-state index >= 15 is 0 Å². The Morgan fingerprint density at radius 2 is 2.09 bits per heavy atom. The second-order valence-electron chi connectivity index (χ2n) is 7.65. The van der Waals surface area contributed by atoms with Crippen LogP contribution in [0.4, 0.5) is 33.7 Å². The van der Waals surface area contributed by atoms with Gasteiger partial charge in [0, 0.05) is 19.0 Å². The predicted octanol–water partition coefficient (Wildman–Crippen LogP) is 2.56. The minimum absolute atomic E-state index is 0.00608. The lowest BCUT2D eigenvalue weighted by atomic mass is 10.2. The van der Waals surface area contributed by atoms with Gasteiger partial charge in [0.1, 0.15) is 16.5 Å². The lowest BCUT2D eigenvalue weighted by molar-refractivity contribution is -0.164. The molecule has 1 aromatic carbocycles. The molecule has 2 N–H and O–H groups in total. The fourth-order valence-electron chi connectivity index (χ4n) is 3.44. The predicted molar refractivity (Wildman–Crippen MR) is 105 cm³/mol. The van der Waals surface area contributed by atoms with Crippen LogP contribution in [0.25, 0.3) is 0 Å². The molecule has 2 heterocycles. The number of amidine groups is 1. The van der Waals surface area contributed by atoms with E-state index in [1.807, 2.05) is 0 Å². The Hall–Kier alpha value is -2.61. The summed E-state index contributed by atoms with van der Waals surface area (Å²) >= 11 is 0. The Labute approximate surface area is 180 Å². The van der Waals surface area contributed by atoms with Gasteiger partial charge in [-0.05, 0) is 25.0 Å². The van der Waals surface area contributed by atoms with E-state index in [0.29, 0.717) is 0 Å². The minimum atomic E-state index is -4.66. The molecule has 14 heteroatoms. The van der Waals surface area contributed by atoms with E-state index < -0.39 is 40.8 Å². The zero-order chi connectivity index (χ0) is 23.1. The molecule has 0 radical (unpaired) electrons. The molecule has 1 saturated heterocycles. The van der Waals surface area contributed by atoms with E-state index in [2.05, 4.69) is 19.8 Å². The molecule has 1 aliphatic carbocycles. The lowest BCUT2D eigenvalue weighted by Gasteiger charge is -2.35. The average molecular weight is 480 g/mol. The summed E-state index contributed by atoms with van der Waals surface area (Å²) in [6.07, 6.45) is -4.24. The SMILES string of the molecule is O=C(OCC(F)(F)F)N1CCOCC1CNc1cc(F)cc2c1NC(C1CC1)=NS2(=O)=O. The third-order valence-corrected chi connectivity index (χ3v) is 6.44. The summed E-state index contributed by atoms with van der Waals surface area (Å²) in [7, 11) is -4.10. The molecule has 0 bridgehead atoms. The maximum absolute atomic E-state index is 14.2. The number of nitrogens with zero attached hydrogens (tertiary/aromatic N) is 2. The summed E-state index contributed by atoms with van der Waals surface area (Å²) in [6, 6.07) is 1.23. The van der Waals surface area contributed by atoms with E-state index in [-0.39, 0.29) is 54.3 Å². The van der Waals surface area contributed by atoms with Crippen LogP contribution in [-0.2, 0) is 19.5 Å². The van der Waals surface area contributed by atoms with Crippen molar-refractivity contribution in [3.05, 3.63) is 17.9 Å². The number of nitrogens with one attached hydrogen (secondary N) is 2. The van der Waals surface area contributed by atoms with Crippen LogP contribution >= 0.6 is 0 Å². The molecule has 1 saturated carbocycles. The quantitative estimate of drug-likeness (QED) is 0.624. The Bertz CT molecular complexity index is 1040. The number of morpholine rings is 1. The molecule has 9 nitrogen and oxygen atoms in total. The van der Waals surface area contributed by atoms with Crippen molar-refractivity contribution in [2.45, 2.75) is 30.0 Å². The Balaban J connectivity index is 1.51. The summed E-state index contributed by atoms with van der Waals surface area (Å²) in [5.41, 5.74) is 0.247. The smallest absolute Gasteiger partial charge is 0.422 e. The van der Waals surface area contributed by atoms with Gasteiger partial charge in [0.15, 0.2) is 6.61 Å². The van der Waals surface area contributed by atoms with E-state index in [0.717, 1.165) is 29.9 Å². The molecule has 0 spiro atoms. The number of sulfonamides is 1. The van der Waals surface area contributed by atoms with Crippen LogP contribution in [0.5, 0.6) is 0 Å². The lowest BCUT2D eigenvalue weighted by Crippen LogP contribution is -2.52. The minimum Gasteiger partial charge on any atom is -0.440 e. The molecule has 1 amide bonds. The summed E-state index contributed by atoms with van der Waals surface area (Å²) in [5, 5.41) is 5.83. The van der Waals surface area contributed by atoms with Gasteiger partial charge in [-0.3, -0.25) is 4.90 Å². The van der Waals surface area contributed by atoms with E-state index in [1.54, 1.807) is 0 Å². The highest BCUT2D eigenvalue weighted by molar-refractivity contribution is 7.90. The number of carbonyl (C=O) groups excluding carboxylic acids is 1. The van der Waals surface area contributed by atoms with Crippen molar-refractivity contribution in [2.75, 3.05) is 43.5 Å². The number of alkyl halides is 3. The van der Waals surface area contributed by atoms with Gasteiger partial charge >= 0.3 is 12.3 Å². The number of benzene rings is 1. The van der Waals surface area contributed by atoms with Crippen molar-refractivity contribution in [3.63, 3.8) is 0 Å². The molecular formula is C18H20F4N4O5S. The molecule has 1 unspecified atom stereocenters. The summed E-state index contributed by atoms with van der Waals surface area (Å²) < 4.78 is 89.7. The fraction of sp³-hybridized carbons (Fsp3) is 0.556. The molecule has 1 atom stereocenters. The zero-order valence-corrected chi connectivity index (χ0v) is 17.4. The first-order valence-corrected chi connectivity index (χ1v) is 11.2. The van der Waals surface area contributed by atoms with Crippen LogP contribution < -0.4 is 10.6 Å². The number of carbonyl (C=O) groups is 1. The van der Waals surface area contributed by atoms with Gasteiger partial charge in [-0.25, -0.2) is 9.18 Å². The molecule has 176 valence electrons. The number of anilines is 2. The zero-order valence-electron chi connectivity index (χ0n) is 16.6. The first-order valence-electron chi connectivity index (χ1n) is 9.81. The normalized spacial score (nSPS) is 22.4. The van der Waals surface area contributed by atoms with Crippen LogP contribution in [0.15, 0.2) is 21.4 Å². The molecule has 0 aromatic heterocycles. The second-order valence-corrected chi connectivity index (χ2v) is 9.22. The molecule has 32 heavy (non-hydrogen) atoms. The van der Waals surface area contributed by atoms with Crippen molar-refractivity contribution < 1.29 is 40.2 Å². The van der Waals surface area contributed by atoms with Gasteiger partial charge in [0.05, 0.1) is 30.6 Å². The van der Waals surface area contributed by atoms with Crippen LogP contribution in [0.1, 0.15) is 12.8 Å². The van der Waals surface area contributed by atoms with Crippen molar-refractivity contribution in [1.29, 1.82) is 0 Å². The summed E-state index contributed by atoms with van der Waals surface area (Å²) in [5.74, 6) is -0.546. The first-order chi connectivity index (χ1) is 15.0. The number of fused-ring (bicyclic) bond motifs is 1. The van der Waals surface area contributed by atoms with Gasteiger partial charge in [-0.2, -0.15) is 21.6 Å². The summed E-state index contributed by atoms with van der Waals surface area (Å²) in [6.45, 7) is -1.63. The van der Waals surface area contributed by atoms with Gasteiger partial charge in [-0.1, -0.05) is 0 Å². The monoisotopic (exact) mass is 480 g/mol. The fourth-order valence-corrected chi connectivity index (χ4v) is 4.67. The van der Waals surface area contributed by atoms with E-state index in [9.17, 15) is 30.8 Å². The number of halogens is 4. The van der Waals surface area contributed by atoms with Gasteiger partial charge < -0.3 is 20.1 Å². The molecule has 2 aliphatic heterocycles.